The van der Waals surface area contributed by atoms with Crippen molar-refractivity contribution < 1.29 is 14.3 Å². The number of nitrogens with zero attached hydrogens (tertiary/aromatic N) is 6. The second-order valence-electron chi connectivity index (χ2n) is 10.1. The summed E-state index contributed by atoms with van der Waals surface area (Å²) in [6.45, 7) is 1.72. The zero-order valence-electron chi connectivity index (χ0n) is 21.0. The number of carbonyl (C=O) groups is 2. The monoisotopic (exact) mass is 523 g/mol. The molecule has 2 aromatic heterocycles. The molecular weight excluding hydrogens is 498 g/mol. The molecule has 11 nitrogen and oxygen atoms in total. The van der Waals surface area contributed by atoms with Crippen LogP contribution in [0.15, 0.2) is 71.9 Å². The Labute approximate surface area is 223 Å². The van der Waals surface area contributed by atoms with Gasteiger partial charge >= 0.3 is 0 Å². The predicted octanol–water partition coefficient (Wildman–Crippen LogP) is 2.22. The summed E-state index contributed by atoms with van der Waals surface area (Å²) in [4.78, 5) is 50.2. The van der Waals surface area contributed by atoms with Crippen LogP contribution < -0.4 is 15.2 Å². The van der Waals surface area contributed by atoms with E-state index < -0.39 is 17.0 Å². The third kappa shape index (κ3) is 3.64. The molecule has 0 unspecified atom stereocenters. The first kappa shape index (κ1) is 23.3. The van der Waals surface area contributed by atoms with Crippen molar-refractivity contribution in [1.29, 1.82) is 0 Å². The summed E-state index contributed by atoms with van der Waals surface area (Å²) >= 11 is 0. The number of aromatic amines is 1. The molecule has 11 heteroatoms. The van der Waals surface area contributed by atoms with Crippen molar-refractivity contribution in [2.75, 3.05) is 18.1 Å². The molecule has 2 aromatic carbocycles. The van der Waals surface area contributed by atoms with Crippen LogP contribution in [-0.4, -0.2) is 54.8 Å². The highest BCUT2D eigenvalue weighted by molar-refractivity contribution is 6.09. The minimum atomic E-state index is -1.02. The first-order chi connectivity index (χ1) is 19.0. The fraction of sp³-hybridized carbons (Fsp3) is 0.286. The number of H-pyrrole nitrogens is 1. The molecule has 7 rings (SSSR count). The smallest absolute Gasteiger partial charge is 0.274 e. The van der Waals surface area contributed by atoms with Gasteiger partial charge in [0, 0.05) is 31.4 Å². The number of rotatable bonds is 1. The number of nitrogens with one attached hydrogen (secondary N) is 1. The number of benzene rings is 2. The number of hydrogen-bond acceptors (Lipinski definition) is 7. The van der Waals surface area contributed by atoms with Crippen molar-refractivity contribution in [3.63, 3.8) is 0 Å². The van der Waals surface area contributed by atoms with Crippen molar-refractivity contribution in [1.82, 2.24) is 29.9 Å². The molecule has 3 aliphatic rings. The van der Waals surface area contributed by atoms with Crippen LogP contribution in [0.25, 0.3) is 0 Å². The summed E-state index contributed by atoms with van der Waals surface area (Å²) in [6.07, 6.45) is 5.44. The topological polar surface area (TPSA) is 126 Å². The minimum Gasteiger partial charge on any atom is -0.494 e. The molecule has 6 bridgehead atoms. The van der Waals surface area contributed by atoms with E-state index in [0.717, 1.165) is 29.4 Å². The Morgan fingerprint density at radius 2 is 2.00 bits per heavy atom. The molecule has 3 aliphatic heterocycles. The second kappa shape index (κ2) is 8.90. The van der Waals surface area contributed by atoms with Gasteiger partial charge in [-0.25, -0.2) is 4.98 Å². The molecule has 1 spiro atoms. The summed E-state index contributed by atoms with van der Waals surface area (Å²) in [5.41, 5.74) is 1.85. The van der Waals surface area contributed by atoms with Crippen LogP contribution in [0.1, 0.15) is 46.2 Å². The third-order valence-electron chi connectivity index (χ3n) is 7.86. The Hall–Kier alpha value is -4.80. The highest BCUT2D eigenvalue weighted by atomic mass is 16.5. The molecule has 2 atom stereocenters. The molecule has 4 aromatic rings. The van der Waals surface area contributed by atoms with E-state index >= 15 is 0 Å². The quantitative estimate of drug-likeness (QED) is 0.405. The molecule has 1 N–H and O–H groups in total. The van der Waals surface area contributed by atoms with Gasteiger partial charge in [0.15, 0.2) is 0 Å². The Kier molecular flexibility index (Phi) is 5.32. The molecule has 0 saturated carbocycles. The van der Waals surface area contributed by atoms with Gasteiger partial charge in [0.1, 0.15) is 22.6 Å². The highest BCUT2D eigenvalue weighted by Gasteiger charge is 2.61. The molecule has 5 heterocycles. The molecule has 2 amide bonds. The number of anilines is 1. The number of hydrogen-bond donors (Lipinski definition) is 1. The van der Waals surface area contributed by atoms with Gasteiger partial charge in [0.25, 0.3) is 11.5 Å². The van der Waals surface area contributed by atoms with Crippen molar-refractivity contribution in [3.8, 4) is 5.75 Å². The lowest BCUT2D eigenvalue weighted by Crippen LogP contribution is -2.45. The third-order valence-corrected chi connectivity index (χ3v) is 7.86. The van der Waals surface area contributed by atoms with E-state index in [0.29, 0.717) is 37.6 Å². The van der Waals surface area contributed by atoms with Gasteiger partial charge in [-0.3, -0.25) is 19.1 Å². The van der Waals surface area contributed by atoms with Crippen molar-refractivity contribution >= 4 is 17.5 Å². The fourth-order valence-corrected chi connectivity index (χ4v) is 6.21. The van der Waals surface area contributed by atoms with Crippen LogP contribution in [0.5, 0.6) is 5.75 Å². The van der Waals surface area contributed by atoms with Gasteiger partial charge < -0.3 is 19.5 Å². The normalized spacial score (nSPS) is 21.9. The van der Waals surface area contributed by atoms with Crippen LogP contribution in [-0.2, 0) is 23.3 Å². The Balaban J connectivity index is 1.42. The van der Waals surface area contributed by atoms with Crippen LogP contribution in [0.4, 0.5) is 5.69 Å². The van der Waals surface area contributed by atoms with Crippen LogP contribution in [0.3, 0.4) is 0 Å². The minimum absolute atomic E-state index is 0.0887. The van der Waals surface area contributed by atoms with E-state index in [1.165, 1.54) is 6.20 Å². The maximum Gasteiger partial charge on any atom is 0.274 e. The Bertz CT molecular complexity index is 1640. The number of aromatic nitrogens is 5. The lowest BCUT2D eigenvalue weighted by atomic mass is 9.72. The predicted molar refractivity (Wildman–Crippen MR) is 139 cm³/mol. The zero-order valence-corrected chi connectivity index (χ0v) is 21.0. The molecule has 0 aliphatic carbocycles. The number of ether oxygens (including phenoxy) is 1. The first-order valence-corrected chi connectivity index (χ1v) is 12.9. The zero-order chi connectivity index (χ0) is 26.6. The average Bonchev–Trinajstić information content (AvgIpc) is 3.64. The standard InChI is InChI=1S/C28H25N7O4/c36-24-15-29-22(14-30-24)26(37)34-11-9-28-21-7-1-2-8-23(21)35(27(28)38)17-19-16-33(32-31-19)10-4-12-39-20-6-3-5-18(13-20)25(28)34/h1-3,5-8,13-16,25H,4,9-12,17H2,(H,30,36)/t25-,28+/m0/s1. The highest BCUT2D eigenvalue weighted by Crippen LogP contribution is 2.57. The number of likely N-dealkylation sites (tertiary alicyclic amines) is 1. The van der Waals surface area contributed by atoms with E-state index in [2.05, 4.69) is 20.3 Å². The Morgan fingerprint density at radius 1 is 1.10 bits per heavy atom. The summed E-state index contributed by atoms with van der Waals surface area (Å²) < 4.78 is 7.84. The number of fused-ring (bicyclic) bond motifs is 8. The molecule has 1 fully saturated rings. The fourth-order valence-electron chi connectivity index (χ4n) is 6.21. The summed E-state index contributed by atoms with van der Waals surface area (Å²) in [6, 6.07) is 14.8. The van der Waals surface area contributed by atoms with Crippen LogP contribution in [0, 0.1) is 0 Å². The van der Waals surface area contributed by atoms with E-state index in [-0.39, 0.29) is 24.1 Å². The van der Waals surface area contributed by atoms with Gasteiger partial charge in [-0.1, -0.05) is 35.5 Å². The van der Waals surface area contributed by atoms with Crippen LogP contribution >= 0.6 is 0 Å². The SMILES string of the molecule is O=C(c1c[nH]c(=O)cn1)N1CC[C@]23C(=O)N(Cc4cn(nn4)CCCOc4cccc(c4)[C@H]12)c1ccccc13. The van der Waals surface area contributed by atoms with Gasteiger partial charge in [-0.15, -0.1) is 5.10 Å². The van der Waals surface area contributed by atoms with Crippen LogP contribution in [0.2, 0.25) is 0 Å². The molecule has 196 valence electrons. The summed E-state index contributed by atoms with van der Waals surface area (Å²) in [5, 5.41) is 8.57. The molecule has 1 saturated heterocycles. The van der Waals surface area contributed by atoms with E-state index in [9.17, 15) is 14.4 Å². The van der Waals surface area contributed by atoms with E-state index in [1.54, 1.807) is 14.5 Å². The van der Waals surface area contributed by atoms with Gasteiger partial charge in [0.2, 0.25) is 5.91 Å². The second-order valence-corrected chi connectivity index (χ2v) is 10.1. The molecule has 0 radical (unpaired) electrons. The summed E-state index contributed by atoms with van der Waals surface area (Å²) in [7, 11) is 0. The molecular formula is C28H25N7O4. The van der Waals surface area contributed by atoms with E-state index in [4.69, 9.17) is 4.74 Å². The van der Waals surface area contributed by atoms with Gasteiger partial charge in [-0.05, 0) is 35.7 Å². The lowest BCUT2D eigenvalue weighted by Gasteiger charge is -2.35. The number of carbonyl (C=O) groups excluding carboxylic acids is 2. The lowest BCUT2D eigenvalue weighted by molar-refractivity contribution is -0.124. The number of aryl methyl sites for hydroxylation is 1. The maximum atomic E-state index is 14.6. The number of amides is 2. The first-order valence-electron chi connectivity index (χ1n) is 12.9. The maximum absolute atomic E-state index is 14.6. The van der Waals surface area contributed by atoms with Crippen molar-refractivity contribution in [2.24, 2.45) is 0 Å². The van der Waals surface area contributed by atoms with Crippen molar-refractivity contribution in [3.05, 3.63) is 100.0 Å². The van der Waals surface area contributed by atoms with Gasteiger partial charge in [0.05, 0.1) is 31.6 Å². The molecule has 39 heavy (non-hydrogen) atoms. The average molecular weight is 524 g/mol. The van der Waals surface area contributed by atoms with Crippen molar-refractivity contribution in [2.45, 2.75) is 37.4 Å². The Morgan fingerprint density at radius 3 is 2.87 bits per heavy atom. The largest absolute Gasteiger partial charge is 0.494 e. The van der Waals surface area contributed by atoms with E-state index in [1.807, 2.05) is 54.7 Å². The summed E-state index contributed by atoms with van der Waals surface area (Å²) in [5.74, 6) is 0.215. The number of para-hydroxylation sites is 1. The van der Waals surface area contributed by atoms with Gasteiger partial charge in [-0.2, -0.15) is 0 Å².